The van der Waals surface area contributed by atoms with Gasteiger partial charge in [0.15, 0.2) is 0 Å². The van der Waals surface area contributed by atoms with Crippen molar-refractivity contribution in [1.29, 1.82) is 0 Å². The smallest absolute Gasteiger partial charge is 0.232 e. The summed E-state index contributed by atoms with van der Waals surface area (Å²) in [6, 6.07) is 7.30. The monoisotopic (exact) mass is 294 g/mol. The molecule has 0 saturated heterocycles. The van der Waals surface area contributed by atoms with Crippen LogP contribution in [0.5, 0.6) is 0 Å². The fraction of sp³-hybridized carbons (Fsp3) is 0.500. The first-order valence-electron chi connectivity index (χ1n) is 6.84. The molecule has 1 aliphatic heterocycles. The van der Waals surface area contributed by atoms with Crippen molar-refractivity contribution in [2.75, 3.05) is 17.1 Å². The zero-order valence-electron chi connectivity index (χ0n) is 11.4. The first-order chi connectivity index (χ1) is 9.47. The molecule has 0 radical (unpaired) electrons. The average molecular weight is 294 g/mol. The Labute approximate surface area is 119 Å². The summed E-state index contributed by atoms with van der Waals surface area (Å²) in [6.45, 7) is 0.408. The summed E-state index contributed by atoms with van der Waals surface area (Å²) in [4.78, 5) is 11.9. The second kappa shape index (κ2) is 4.77. The SMILES string of the molecule is CS(=O)(=O)N1CCC(NC(=O)C2CC2)c2ccccc21. The van der Waals surface area contributed by atoms with Crippen molar-refractivity contribution in [2.24, 2.45) is 5.92 Å². The van der Waals surface area contributed by atoms with E-state index in [2.05, 4.69) is 5.32 Å². The molecule has 1 saturated carbocycles. The summed E-state index contributed by atoms with van der Waals surface area (Å²) in [5, 5.41) is 3.05. The first kappa shape index (κ1) is 13.4. The molecular weight excluding hydrogens is 276 g/mol. The Bertz CT molecular complexity index is 638. The van der Waals surface area contributed by atoms with Gasteiger partial charge in [-0.2, -0.15) is 0 Å². The number of amides is 1. The molecule has 1 unspecified atom stereocenters. The molecule has 1 aromatic carbocycles. The molecule has 108 valence electrons. The number of benzene rings is 1. The number of carbonyl (C=O) groups is 1. The number of hydrogen-bond acceptors (Lipinski definition) is 3. The molecule has 2 aliphatic rings. The fourth-order valence-corrected chi connectivity index (χ4v) is 3.62. The lowest BCUT2D eigenvalue weighted by Crippen LogP contribution is -2.40. The summed E-state index contributed by atoms with van der Waals surface area (Å²) in [6.07, 6.45) is 3.76. The van der Waals surface area contributed by atoms with Crippen molar-refractivity contribution in [1.82, 2.24) is 5.32 Å². The van der Waals surface area contributed by atoms with Crippen molar-refractivity contribution in [2.45, 2.75) is 25.3 Å². The quantitative estimate of drug-likeness (QED) is 0.917. The van der Waals surface area contributed by atoms with Crippen LogP contribution < -0.4 is 9.62 Å². The van der Waals surface area contributed by atoms with Gasteiger partial charge in [0.25, 0.3) is 0 Å². The molecular formula is C14H18N2O3S. The van der Waals surface area contributed by atoms with E-state index in [0.717, 1.165) is 18.4 Å². The van der Waals surface area contributed by atoms with Crippen LogP contribution in [-0.2, 0) is 14.8 Å². The Kier molecular flexibility index (Phi) is 3.20. The summed E-state index contributed by atoms with van der Waals surface area (Å²) < 4.78 is 25.1. The summed E-state index contributed by atoms with van der Waals surface area (Å²) in [7, 11) is -3.27. The molecule has 5 nitrogen and oxygen atoms in total. The largest absolute Gasteiger partial charge is 0.349 e. The predicted molar refractivity (Wildman–Crippen MR) is 76.9 cm³/mol. The summed E-state index contributed by atoms with van der Waals surface area (Å²) in [5.41, 5.74) is 1.57. The molecule has 1 heterocycles. The van der Waals surface area contributed by atoms with E-state index >= 15 is 0 Å². The van der Waals surface area contributed by atoms with E-state index in [9.17, 15) is 13.2 Å². The molecule has 0 bridgehead atoms. The Hall–Kier alpha value is -1.56. The van der Waals surface area contributed by atoms with Crippen LogP contribution in [0.25, 0.3) is 0 Å². The molecule has 0 aromatic heterocycles. The van der Waals surface area contributed by atoms with E-state index in [4.69, 9.17) is 0 Å². The van der Waals surface area contributed by atoms with E-state index in [1.54, 1.807) is 6.07 Å². The molecule has 0 spiro atoms. The van der Waals surface area contributed by atoms with Crippen LogP contribution in [0.4, 0.5) is 5.69 Å². The molecule has 1 amide bonds. The van der Waals surface area contributed by atoms with Crippen LogP contribution in [-0.4, -0.2) is 27.1 Å². The van der Waals surface area contributed by atoms with Gasteiger partial charge < -0.3 is 5.32 Å². The van der Waals surface area contributed by atoms with Gasteiger partial charge in [-0.3, -0.25) is 9.10 Å². The van der Waals surface area contributed by atoms with Crippen LogP contribution >= 0.6 is 0 Å². The van der Waals surface area contributed by atoms with E-state index in [1.807, 2.05) is 18.2 Å². The van der Waals surface area contributed by atoms with E-state index < -0.39 is 10.0 Å². The van der Waals surface area contributed by atoms with Gasteiger partial charge in [-0.1, -0.05) is 18.2 Å². The number of anilines is 1. The van der Waals surface area contributed by atoms with Gasteiger partial charge in [0.05, 0.1) is 18.0 Å². The fourth-order valence-electron chi connectivity index (χ4n) is 2.66. The molecule has 1 aliphatic carbocycles. The third kappa shape index (κ3) is 2.52. The van der Waals surface area contributed by atoms with Gasteiger partial charge in [0.1, 0.15) is 0 Å². The lowest BCUT2D eigenvalue weighted by Gasteiger charge is -2.34. The zero-order chi connectivity index (χ0) is 14.3. The summed E-state index contributed by atoms with van der Waals surface area (Å²) >= 11 is 0. The van der Waals surface area contributed by atoms with Gasteiger partial charge >= 0.3 is 0 Å². The normalized spacial score (nSPS) is 22.2. The maximum atomic E-state index is 11.9. The third-order valence-corrected chi connectivity index (χ3v) is 5.05. The van der Waals surface area contributed by atoms with Gasteiger partial charge in [-0.05, 0) is 30.9 Å². The molecule has 1 atom stereocenters. The van der Waals surface area contributed by atoms with Crippen molar-refractivity contribution >= 4 is 21.6 Å². The molecule has 1 fully saturated rings. The maximum Gasteiger partial charge on any atom is 0.232 e. The number of nitrogens with zero attached hydrogens (tertiary/aromatic N) is 1. The summed E-state index contributed by atoms with van der Waals surface area (Å²) in [5.74, 6) is 0.257. The van der Waals surface area contributed by atoms with Crippen LogP contribution in [0, 0.1) is 5.92 Å². The Morgan fingerprint density at radius 3 is 2.60 bits per heavy atom. The number of rotatable bonds is 3. The second-order valence-corrected chi connectivity index (χ2v) is 7.42. The number of para-hydroxylation sites is 1. The molecule has 6 heteroatoms. The number of nitrogens with one attached hydrogen (secondary N) is 1. The van der Waals surface area contributed by atoms with Crippen LogP contribution in [0.3, 0.4) is 0 Å². The molecule has 1 N–H and O–H groups in total. The topological polar surface area (TPSA) is 66.5 Å². The Morgan fingerprint density at radius 2 is 1.95 bits per heavy atom. The van der Waals surface area contributed by atoms with E-state index in [1.165, 1.54) is 10.6 Å². The Morgan fingerprint density at radius 1 is 1.25 bits per heavy atom. The molecule has 3 rings (SSSR count). The predicted octanol–water partition coefficient (Wildman–Crippen LogP) is 1.42. The van der Waals surface area contributed by atoms with Gasteiger partial charge in [-0.25, -0.2) is 8.42 Å². The first-order valence-corrected chi connectivity index (χ1v) is 8.68. The number of fused-ring (bicyclic) bond motifs is 1. The van der Waals surface area contributed by atoms with Crippen molar-refractivity contribution in [3.8, 4) is 0 Å². The number of hydrogen-bond donors (Lipinski definition) is 1. The highest BCUT2D eigenvalue weighted by atomic mass is 32.2. The van der Waals surface area contributed by atoms with Crippen LogP contribution in [0.1, 0.15) is 30.9 Å². The van der Waals surface area contributed by atoms with Crippen molar-refractivity contribution in [3.05, 3.63) is 29.8 Å². The van der Waals surface area contributed by atoms with Crippen molar-refractivity contribution < 1.29 is 13.2 Å². The third-order valence-electron chi connectivity index (χ3n) is 3.87. The minimum atomic E-state index is -3.27. The minimum absolute atomic E-state index is 0.0858. The molecule has 1 aromatic rings. The number of carbonyl (C=O) groups excluding carboxylic acids is 1. The van der Waals surface area contributed by atoms with Gasteiger partial charge in [-0.15, -0.1) is 0 Å². The highest BCUT2D eigenvalue weighted by Crippen LogP contribution is 2.36. The van der Waals surface area contributed by atoms with Crippen LogP contribution in [0.15, 0.2) is 24.3 Å². The lowest BCUT2D eigenvalue weighted by atomic mass is 9.97. The Balaban J connectivity index is 1.90. The van der Waals surface area contributed by atoms with Gasteiger partial charge in [0.2, 0.25) is 15.9 Å². The zero-order valence-corrected chi connectivity index (χ0v) is 12.2. The van der Waals surface area contributed by atoms with E-state index in [0.29, 0.717) is 18.7 Å². The standard InChI is InChI=1S/C14H18N2O3S/c1-20(18,19)16-9-8-12(15-14(17)10-6-7-10)11-4-2-3-5-13(11)16/h2-5,10,12H,6-9H2,1H3,(H,15,17). The highest BCUT2D eigenvalue weighted by Gasteiger charge is 2.34. The maximum absolute atomic E-state index is 11.9. The number of sulfonamides is 1. The van der Waals surface area contributed by atoms with Gasteiger partial charge in [0, 0.05) is 12.5 Å². The van der Waals surface area contributed by atoms with Crippen molar-refractivity contribution in [3.63, 3.8) is 0 Å². The second-order valence-electron chi connectivity index (χ2n) is 5.52. The molecule has 20 heavy (non-hydrogen) atoms. The lowest BCUT2D eigenvalue weighted by molar-refractivity contribution is -0.123. The van der Waals surface area contributed by atoms with Crippen LogP contribution in [0.2, 0.25) is 0 Å². The van der Waals surface area contributed by atoms with E-state index in [-0.39, 0.29) is 17.9 Å². The minimum Gasteiger partial charge on any atom is -0.349 e. The highest BCUT2D eigenvalue weighted by molar-refractivity contribution is 7.92. The average Bonchev–Trinajstić information content (AvgIpc) is 3.22.